The second-order valence-corrected chi connectivity index (χ2v) is 8.25. The summed E-state index contributed by atoms with van der Waals surface area (Å²) in [5, 5.41) is 0. The predicted molar refractivity (Wildman–Crippen MR) is 109 cm³/mol. The minimum atomic E-state index is -1.09. The van der Waals surface area contributed by atoms with E-state index in [1.165, 1.54) is 9.80 Å². The number of ether oxygens (including phenoxy) is 6. The molecule has 0 atom stereocenters. The van der Waals surface area contributed by atoms with E-state index in [0.29, 0.717) is 19.8 Å². The third kappa shape index (κ3) is 8.14. The van der Waals surface area contributed by atoms with E-state index < -0.39 is 11.6 Å². The molecule has 0 bridgehead atoms. The Labute approximate surface area is 180 Å². The fourth-order valence-electron chi connectivity index (χ4n) is 3.35. The van der Waals surface area contributed by atoms with Gasteiger partial charge >= 0.3 is 0 Å². The highest BCUT2D eigenvalue weighted by Gasteiger charge is 2.41. The molecule has 0 amide bonds. The second kappa shape index (κ2) is 12.0. The molecule has 3 aliphatic rings. The minimum Gasteiger partial charge on any atom is -0.370 e. The fourth-order valence-corrected chi connectivity index (χ4v) is 3.35. The van der Waals surface area contributed by atoms with Crippen molar-refractivity contribution in [2.24, 2.45) is 0 Å². The average molecular weight is 425 g/mol. The van der Waals surface area contributed by atoms with Crippen molar-refractivity contribution in [3.05, 3.63) is 0 Å². The van der Waals surface area contributed by atoms with Gasteiger partial charge in [-0.15, -0.1) is 0 Å². The molecule has 0 aliphatic carbocycles. The first-order valence-electron chi connectivity index (χ1n) is 10.9. The molecule has 0 saturated carbocycles. The Morgan fingerprint density at radius 2 is 1.17 bits per heavy atom. The minimum absolute atomic E-state index is 0.271. The van der Waals surface area contributed by atoms with E-state index >= 15 is 0 Å². The predicted octanol–water partition coefficient (Wildman–Crippen LogP) is -2.66. The topological polar surface area (TPSA) is 64.3 Å². The van der Waals surface area contributed by atoms with Crippen molar-refractivity contribution in [2.75, 3.05) is 92.1 Å². The van der Waals surface area contributed by atoms with Gasteiger partial charge in [-0.1, -0.05) is 11.8 Å². The van der Waals surface area contributed by atoms with Gasteiger partial charge in [0.25, 0.3) is 5.97 Å². The van der Waals surface area contributed by atoms with Crippen LogP contribution < -0.4 is 9.80 Å². The monoisotopic (exact) mass is 424 g/mol. The lowest BCUT2D eigenvalue weighted by atomic mass is 10.1. The van der Waals surface area contributed by atoms with E-state index in [1.54, 1.807) is 6.92 Å². The third-order valence-electron chi connectivity index (χ3n) is 5.51. The van der Waals surface area contributed by atoms with Crippen molar-refractivity contribution in [3.8, 4) is 23.7 Å². The molecule has 8 nitrogen and oxygen atoms in total. The van der Waals surface area contributed by atoms with Gasteiger partial charge in [0.05, 0.1) is 39.6 Å². The molecule has 2 N–H and O–H groups in total. The summed E-state index contributed by atoms with van der Waals surface area (Å²) in [5.41, 5.74) is -0.533. The van der Waals surface area contributed by atoms with Gasteiger partial charge in [0.15, 0.2) is 0 Å². The highest BCUT2D eigenvalue weighted by Crippen LogP contribution is 2.27. The van der Waals surface area contributed by atoms with E-state index in [0.717, 1.165) is 65.7 Å². The van der Waals surface area contributed by atoms with E-state index in [4.69, 9.17) is 28.4 Å². The van der Waals surface area contributed by atoms with Crippen LogP contribution in [0.2, 0.25) is 0 Å². The summed E-state index contributed by atoms with van der Waals surface area (Å²) < 4.78 is 33.9. The Bertz CT molecular complexity index is 573. The van der Waals surface area contributed by atoms with Crippen LogP contribution in [0.25, 0.3) is 0 Å². The van der Waals surface area contributed by atoms with E-state index in [1.807, 2.05) is 6.92 Å². The van der Waals surface area contributed by atoms with Crippen LogP contribution >= 0.6 is 0 Å². The first-order valence-corrected chi connectivity index (χ1v) is 10.9. The summed E-state index contributed by atoms with van der Waals surface area (Å²) in [5.74, 6) is 11.4. The number of rotatable bonds is 6. The van der Waals surface area contributed by atoms with Crippen molar-refractivity contribution < 1.29 is 38.2 Å². The summed E-state index contributed by atoms with van der Waals surface area (Å²) >= 11 is 0. The smallest absolute Gasteiger partial charge is 0.280 e. The van der Waals surface area contributed by atoms with Crippen LogP contribution in [0.15, 0.2) is 0 Å². The highest BCUT2D eigenvalue weighted by atomic mass is 16.9. The number of hydrogen-bond acceptors (Lipinski definition) is 6. The molecule has 168 valence electrons. The molecule has 30 heavy (non-hydrogen) atoms. The van der Waals surface area contributed by atoms with Crippen LogP contribution in [0.5, 0.6) is 0 Å². The van der Waals surface area contributed by atoms with E-state index in [9.17, 15) is 0 Å². The number of nitrogens with one attached hydrogen (secondary N) is 2. The van der Waals surface area contributed by atoms with Gasteiger partial charge in [-0.3, -0.25) is 0 Å². The maximum Gasteiger partial charge on any atom is 0.280 e. The quantitative estimate of drug-likeness (QED) is 0.454. The summed E-state index contributed by atoms with van der Waals surface area (Å²) in [6, 6.07) is 0. The van der Waals surface area contributed by atoms with Crippen LogP contribution in [0.4, 0.5) is 0 Å². The van der Waals surface area contributed by atoms with Gasteiger partial charge in [-0.05, 0) is 18.8 Å². The molecule has 0 unspecified atom stereocenters. The largest absolute Gasteiger partial charge is 0.370 e. The number of quaternary nitrogens is 2. The molecular formula is C22H36N2O6+2. The first kappa shape index (κ1) is 23.5. The average Bonchev–Trinajstić information content (AvgIpc) is 2.77. The number of morpholine rings is 2. The summed E-state index contributed by atoms with van der Waals surface area (Å²) in [6.45, 7) is 14.1. The van der Waals surface area contributed by atoms with Crippen LogP contribution in [0.1, 0.15) is 13.8 Å². The molecule has 0 aromatic rings. The Hall–Kier alpha value is -1.20. The summed E-state index contributed by atoms with van der Waals surface area (Å²) in [7, 11) is 0. The van der Waals surface area contributed by atoms with E-state index in [2.05, 4.69) is 23.7 Å². The van der Waals surface area contributed by atoms with Gasteiger partial charge in [-0.25, -0.2) is 0 Å². The molecule has 3 fully saturated rings. The van der Waals surface area contributed by atoms with Crippen molar-refractivity contribution in [2.45, 2.75) is 25.4 Å². The lowest BCUT2D eigenvalue weighted by molar-refractivity contribution is -0.900. The first-order chi connectivity index (χ1) is 14.6. The van der Waals surface area contributed by atoms with E-state index in [-0.39, 0.29) is 6.61 Å². The molecular weight excluding hydrogens is 388 g/mol. The molecule has 3 saturated heterocycles. The molecule has 3 heterocycles. The Morgan fingerprint density at radius 1 is 0.700 bits per heavy atom. The van der Waals surface area contributed by atoms with Crippen LogP contribution in [-0.2, 0) is 28.4 Å². The molecule has 0 aromatic heterocycles. The second-order valence-electron chi connectivity index (χ2n) is 8.25. The molecule has 8 heteroatoms. The standard InChI is InChI=1S/C22H34N2O6/c1-21(27-13-5-3-7-23-9-15-25-16-10-23)19-29-22(2,30-20-21)28-14-6-4-8-24-11-17-26-18-12-24/h7-20H2,1-2H3/p+2. The molecule has 0 spiro atoms. The number of hydrogen-bond donors (Lipinski definition) is 2. The van der Waals surface area contributed by atoms with Crippen LogP contribution in [-0.4, -0.2) is 104 Å². The van der Waals surface area contributed by atoms with Crippen molar-refractivity contribution in [1.29, 1.82) is 0 Å². The van der Waals surface area contributed by atoms with Gasteiger partial charge in [0.2, 0.25) is 0 Å². The molecule has 3 aliphatic heterocycles. The maximum atomic E-state index is 5.91. The summed E-state index contributed by atoms with van der Waals surface area (Å²) in [4.78, 5) is 2.92. The fraction of sp³-hybridized carbons (Fsp3) is 0.818. The zero-order valence-electron chi connectivity index (χ0n) is 18.3. The molecule has 0 radical (unpaired) electrons. The van der Waals surface area contributed by atoms with Crippen molar-refractivity contribution in [1.82, 2.24) is 0 Å². The molecule has 3 rings (SSSR count). The van der Waals surface area contributed by atoms with Gasteiger partial charge in [0.1, 0.15) is 58.1 Å². The SMILES string of the molecule is CC1(OCC#CC[NH+]2CCOCC2)COC(C)(OCC#CC[NH+]2CCOCC2)OC1. The lowest BCUT2D eigenvalue weighted by Gasteiger charge is -2.41. The maximum absolute atomic E-state index is 5.91. The van der Waals surface area contributed by atoms with Gasteiger partial charge in [-0.2, -0.15) is 0 Å². The lowest BCUT2D eigenvalue weighted by Crippen LogP contribution is -3.14. The van der Waals surface area contributed by atoms with Gasteiger partial charge < -0.3 is 38.2 Å². The van der Waals surface area contributed by atoms with Crippen molar-refractivity contribution >= 4 is 0 Å². The third-order valence-corrected chi connectivity index (χ3v) is 5.51. The normalized spacial score (nSPS) is 30.7. The Kier molecular flexibility index (Phi) is 9.38. The van der Waals surface area contributed by atoms with Crippen LogP contribution in [0.3, 0.4) is 0 Å². The Balaban J connectivity index is 1.29. The summed E-state index contributed by atoms with van der Waals surface area (Å²) in [6.07, 6.45) is 0. The molecule has 0 aromatic carbocycles. The van der Waals surface area contributed by atoms with Crippen LogP contribution in [0, 0.1) is 23.7 Å². The highest BCUT2D eigenvalue weighted by molar-refractivity contribution is 5.00. The van der Waals surface area contributed by atoms with Gasteiger partial charge in [0, 0.05) is 6.92 Å². The zero-order valence-corrected chi connectivity index (χ0v) is 18.3. The zero-order chi connectivity index (χ0) is 21.1. The Morgan fingerprint density at radius 3 is 1.67 bits per heavy atom. The van der Waals surface area contributed by atoms with Crippen molar-refractivity contribution in [3.63, 3.8) is 0 Å².